The minimum absolute atomic E-state index is 0.0528. The van der Waals surface area contributed by atoms with E-state index in [-0.39, 0.29) is 17.8 Å². The van der Waals surface area contributed by atoms with Crippen LogP contribution in [0.4, 0.5) is 0 Å². The molecule has 0 aliphatic heterocycles. The van der Waals surface area contributed by atoms with Gasteiger partial charge in [-0.15, -0.1) is 0 Å². The maximum Gasteiger partial charge on any atom is 0.222 e. The Kier molecular flexibility index (Phi) is 11.7. The number of amides is 1. The van der Waals surface area contributed by atoms with Gasteiger partial charge in [-0.25, -0.2) is 0 Å². The molecule has 0 bridgehead atoms. The first kappa shape index (κ1) is 19.7. The molecule has 0 fully saturated rings. The van der Waals surface area contributed by atoms with E-state index >= 15 is 0 Å². The molecule has 0 rings (SSSR count). The van der Waals surface area contributed by atoms with E-state index < -0.39 is 0 Å². The monoisotopic (exact) mass is 299 g/mol. The van der Waals surface area contributed by atoms with Crippen molar-refractivity contribution in [3.8, 4) is 0 Å². The Bertz CT molecular complexity index is 306. The average Bonchev–Trinajstić information content (AvgIpc) is 2.50. The number of rotatable bonds is 12. The summed E-state index contributed by atoms with van der Waals surface area (Å²) >= 11 is 0. The van der Waals surface area contributed by atoms with Crippen LogP contribution in [0.2, 0.25) is 0 Å². The summed E-state index contributed by atoms with van der Waals surface area (Å²) in [6.07, 6.45) is 11.7. The summed E-state index contributed by atoms with van der Waals surface area (Å²) in [5.74, 6) is 0.120. The summed E-state index contributed by atoms with van der Waals surface area (Å²) in [6, 6.07) is -0.360. The number of nitrogens with zero attached hydrogens (tertiary/aromatic N) is 2. The van der Waals surface area contributed by atoms with Crippen molar-refractivity contribution in [3.63, 3.8) is 0 Å². The lowest BCUT2D eigenvalue weighted by Crippen LogP contribution is -2.43. The fourth-order valence-electron chi connectivity index (χ4n) is 2.26. The van der Waals surface area contributed by atoms with Gasteiger partial charge in [0.15, 0.2) is 5.84 Å². The molecule has 5 nitrogen and oxygen atoms in total. The van der Waals surface area contributed by atoms with Crippen LogP contribution in [0.15, 0.2) is 5.16 Å². The maximum atomic E-state index is 11.9. The van der Waals surface area contributed by atoms with E-state index in [4.69, 9.17) is 10.9 Å². The van der Waals surface area contributed by atoms with E-state index in [2.05, 4.69) is 12.1 Å². The second-order valence-corrected chi connectivity index (χ2v) is 5.78. The highest BCUT2D eigenvalue weighted by molar-refractivity contribution is 5.89. The van der Waals surface area contributed by atoms with E-state index in [1.54, 1.807) is 18.9 Å². The van der Waals surface area contributed by atoms with Gasteiger partial charge >= 0.3 is 0 Å². The van der Waals surface area contributed by atoms with Crippen LogP contribution < -0.4 is 5.73 Å². The van der Waals surface area contributed by atoms with Crippen LogP contribution in [0.5, 0.6) is 0 Å². The molecular formula is C16H33N3O2. The predicted molar refractivity (Wildman–Crippen MR) is 87.5 cm³/mol. The Hall–Kier alpha value is -1.26. The zero-order chi connectivity index (χ0) is 16.1. The second kappa shape index (κ2) is 12.5. The Labute approximate surface area is 129 Å². The van der Waals surface area contributed by atoms with Crippen LogP contribution in [0.1, 0.15) is 78.1 Å². The molecular weight excluding hydrogens is 266 g/mol. The van der Waals surface area contributed by atoms with Crippen LogP contribution in [-0.2, 0) is 4.79 Å². The minimum atomic E-state index is -0.360. The zero-order valence-corrected chi connectivity index (χ0v) is 14.0. The van der Waals surface area contributed by atoms with Crippen molar-refractivity contribution in [2.45, 2.75) is 84.1 Å². The highest BCUT2D eigenvalue weighted by atomic mass is 16.4. The quantitative estimate of drug-likeness (QED) is 0.190. The van der Waals surface area contributed by atoms with E-state index in [9.17, 15) is 4.79 Å². The third-order valence-corrected chi connectivity index (χ3v) is 4.01. The van der Waals surface area contributed by atoms with Gasteiger partial charge in [-0.1, -0.05) is 63.4 Å². The molecule has 0 aliphatic carbocycles. The molecule has 0 aromatic heterocycles. The first-order valence-corrected chi connectivity index (χ1v) is 8.27. The van der Waals surface area contributed by atoms with Crippen molar-refractivity contribution < 1.29 is 10.0 Å². The second-order valence-electron chi connectivity index (χ2n) is 5.78. The van der Waals surface area contributed by atoms with Crippen LogP contribution >= 0.6 is 0 Å². The highest BCUT2D eigenvalue weighted by Gasteiger charge is 2.18. The normalized spacial score (nSPS) is 13.2. The van der Waals surface area contributed by atoms with Crippen molar-refractivity contribution >= 4 is 11.7 Å². The van der Waals surface area contributed by atoms with Gasteiger partial charge in [-0.05, 0) is 13.3 Å². The number of hydrogen-bond acceptors (Lipinski definition) is 3. The summed E-state index contributed by atoms with van der Waals surface area (Å²) in [5.41, 5.74) is 5.51. The molecule has 0 spiro atoms. The summed E-state index contributed by atoms with van der Waals surface area (Å²) < 4.78 is 0. The molecule has 1 amide bonds. The van der Waals surface area contributed by atoms with Gasteiger partial charge in [0.1, 0.15) is 0 Å². The molecule has 0 heterocycles. The molecule has 0 aliphatic rings. The fourth-order valence-corrected chi connectivity index (χ4v) is 2.26. The topological polar surface area (TPSA) is 78.9 Å². The third-order valence-electron chi connectivity index (χ3n) is 4.01. The number of amidine groups is 1. The van der Waals surface area contributed by atoms with Gasteiger partial charge in [0, 0.05) is 13.5 Å². The number of likely N-dealkylation sites (N-methyl/N-ethyl adjacent to an activating group) is 1. The Morgan fingerprint density at radius 3 is 2.05 bits per heavy atom. The third kappa shape index (κ3) is 9.32. The maximum absolute atomic E-state index is 11.9. The van der Waals surface area contributed by atoms with Crippen molar-refractivity contribution in [1.82, 2.24) is 4.90 Å². The summed E-state index contributed by atoms with van der Waals surface area (Å²) in [5, 5.41) is 11.6. The summed E-state index contributed by atoms with van der Waals surface area (Å²) in [7, 11) is 1.69. The lowest BCUT2D eigenvalue weighted by molar-refractivity contribution is -0.130. The van der Waals surface area contributed by atoms with Crippen LogP contribution in [0.3, 0.4) is 0 Å². The predicted octanol–water partition coefficient (Wildman–Crippen LogP) is 3.50. The Morgan fingerprint density at radius 2 is 1.57 bits per heavy atom. The summed E-state index contributed by atoms with van der Waals surface area (Å²) in [4.78, 5) is 13.5. The lowest BCUT2D eigenvalue weighted by Gasteiger charge is -2.23. The van der Waals surface area contributed by atoms with Crippen LogP contribution in [0, 0.1) is 0 Å². The molecule has 1 atom stereocenters. The van der Waals surface area contributed by atoms with Gasteiger partial charge in [-0.3, -0.25) is 4.79 Å². The molecule has 0 radical (unpaired) electrons. The molecule has 5 heteroatoms. The Balaban J connectivity index is 3.62. The van der Waals surface area contributed by atoms with Gasteiger partial charge in [0.2, 0.25) is 5.91 Å². The molecule has 0 aromatic carbocycles. The molecule has 0 saturated carbocycles. The van der Waals surface area contributed by atoms with Gasteiger partial charge in [-0.2, -0.15) is 0 Å². The molecule has 3 N–H and O–H groups in total. The standard InChI is InChI=1S/C16H33N3O2/c1-4-5-6-7-8-9-10-11-12-13-15(20)19(3)14(2)16(17)18-21/h14,21H,4-13H2,1-3H3,(H2,17,18). The van der Waals surface area contributed by atoms with E-state index in [1.165, 1.54) is 44.9 Å². The van der Waals surface area contributed by atoms with Crippen LogP contribution in [-0.4, -0.2) is 34.9 Å². The number of carbonyl (C=O) groups is 1. The number of unbranched alkanes of at least 4 members (excludes halogenated alkanes) is 8. The number of oxime groups is 1. The van der Waals surface area contributed by atoms with Crippen molar-refractivity contribution in [1.29, 1.82) is 0 Å². The first-order valence-electron chi connectivity index (χ1n) is 8.27. The molecule has 1 unspecified atom stereocenters. The van der Waals surface area contributed by atoms with Gasteiger partial charge < -0.3 is 15.8 Å². The van der Waals surface area contributed by atoms with E-state index in [1.807, 2.05) is 0 Å². The lowest BCUT2D eigenvalue weighted by atomic mass is 10.1. The van der Waals surface area contributed by atoms with Gasteiger partial charge in [0.25, 0.3) is 0 Å². The first-order chi connectivity index (χ1) is 10.0. The van der Waals surface area contributed by atoms with Gasteiger partial charge in [0.05, 0.1) is 6.04 Å². The number of nitrogens with two attached hydrogens (primary N) is 1. The largest absolute Gasteiger partial charge is 0.409 e. The number of hydrogen-bond donors (Lipinski definition) is 2. The molecule has 124 valence electrons. The van der Waals surface area contributed by atoms with Crippen molar-refractivity contribution in [2.24, 2.45) is 10.9 Å². The molecule has 21 heavy (non-hydrogen) atoms. The number of carbonyl (C=O) groups excluding carboxylic acids is 1. The van der Waals surface area contributed by atoms with Crippen molar-refractivity contribution in [2.75, 3.05) is 7.05 Å². The summed E-state index contributed by atoms with van der Waals surface area (Å²) in [6.45, 7) is 3.98. The molecule has 0 aromatic rings. The molecule has 0 saturated heterocycles. The smallest absolute Gasteiger partial charge is 0.222 e. The van der Waals surface area contributed by atoms with Crippen molar-refractivity contribution in [3.05, 3.63) is 0 Å². The van der Waals surface area contributed by atoms with E-state index in [0.717, 1.165) is 12.8 Å². The SMILES string of the molecule is CCCCCCCCCCCC(=O)N(C)C(C)C(N)=NO. The average molecular weight is 299 g/mol. The zero-order valence-electron chi connectivity index (χ0n) is 14.0. The van der Waals surface area contributed by atoms with Crippen LogP contribution in [0.25, 0.3) is 0 Å². The fraction of sp³-hybridized carbons (Fsp3) is 0.875. The Morgan fingerprint density at radius 1 is 1.10 bits per heavy atom. The van der Waals surface area contributed by atoms with E-state index in [0.29, 0.717) is 6.42 Å². The minimum Gasteiger partial charge on any atom is -0.409 e. The highest BCUT2D eigenvalue weighted by Crippen LogP contribution is 2.11.